The summed E-state index contributed by atoms with van der Waals surface area (Å²) in [4.78, 5) is 16.8. The van der Waals surface area contributed by atoms with Crippen LogP contribution in [0.4, 0.5) is 0 Å². The standard InChI is InChI=1S/C20H23N5O2/c1-14-18(23-20(27-14)15-6-3-2-4-7-15)11-19(26)22-12-16-10-17-13-21-8-5-9-25(17)24-16/h2-4,6-7,10,21H,5,8-9,11-13H2,1H3,(H,22,26). The molecule has 2 N–H and O–H groups in total. The van der Waals surface area contributed by atoms with Crippen LogP contribution in [0.3, 0.4) is 0 Å². The third-order valence-corrected chi connectivity index (χ3v) is 4.65. The lowest BCUT2D eigenvalue weighted by Gasteiger charge is -2.02. The van der Waals surface area contributed by atoms with E-state index in [4.69, 9.17) is 4.42 Å². The van der Waals surface area contributed by atoms with Gasteiger partial charge in [-0.05, 0) is 38.1 Å². The maximum Gasteiger partial charge on any atom is 0.226 e. The van der Waals surface area contributed by atoms with Crippen LogP contribution in [-0.2, 0) is 30.8 Å². The molecule has 7 nitrogen and oxygen atoms in total. The second kappa shape index (κ2) is 7.75. The van der Waals surface area contributed by atoms with Crippen molar-refractivity contribution in [2.24, 2.45) is 0 Å². The molecule has 0 aliphatic carbocycles. The number of carbonyl (C=O) groups excluding carboxylic acids is 1. The number of carbonyl (C=O) groups is 1. The first-order valence-corrected chi connectivity index (χ1v) is 9.24. The van der Waals surface area contributed by atoms with E-state index in [2.05, 4.69) is 20.7 Å². The van der Waals surface area contributed by atoms with Crippen molar-refractivity contribution in [3.63, 3.8) is 0 Å². The highest BCUT2D eigenvalue weighted by atomic mass is 16.4. The smallest absolute Gasteiger partial charge is 0.226 e. The summed E-state index contributed by atoms with van der Waals surface area (Å²) in [5.74, 6) is 1.12. The molecule has 140 valence electrons. The van der Waals surface area contributed by atoms with Crippen molar-refractivity contribution in [3.05, 3.63) is 59.2 Å². The molecule has 0 spiro atoms. The highest BCUT2D eigenvalue weighted by molar-refractivity contribution is 5.78. The number of aryl methyl sites for hydroxylation is 2. The molecule has 4 rings (SSSR count). The Morgan fingerprint density at radius 2 is 2.19 bits per heavy atom. The van der Waals surface area contributed by atoms with Crippen LogP contribution in [-0.4, -0.2) is 27.2 Å². The maximum absolute atomic E-state index is 12.3. The van der Waals surface area contributed by atoms with Gasteiger partial charge < -0.3 is 15.1 Å². The molecule has 7 heteroatoms. The topological polar surface area (TPSA) is 85.0 Å². The van der Waals surface area contributed by atoms with E-state index in [1.165, 1.54) is 0 Å². The molecule has 27 heavy (non-hydrogen) atoms. The Morgan fingerprint density at radius 3 is 3.04 bits per heavy atom. The van der Waals surface area contributed by atoms with Crippen molar-refractivity contribution in [1.29, 1.82) is 0 Å². The summed E-state index contributed by atoms with van der Waals surface area (Å²) in [6, 6.07) is 11.7. The fourth-order valence-corrected chi connectivity index (χ4v) is 3.21. The molecule has 1 aromatic carbocycles. The van der Waals surface area contributed by atoms with E-state index in [0.29, 0.717) is 23.9 Å². The lowest BCUT2D eigenvalue weighted by atomic mass is 10.2. The predicted molar refractivity (Wildman–Crippen MR) is 101 cm³/mol. The highest BCUT2D eigenvalue weighted by Crippen LogP contribution is 2.21. The minimum Gasteiger partial charge on any atom is -0.441 e. The Morgan fingerprint density at radius 1 is 1.33 bits per heavy atom. The number of nitrogens with one attached hydrogen (secondary N) is 2. The van der Waals surface area contributed by atoms with Gasteiger partial charge in [0, 0.05) is 18.7 Å². The van der Waals surface area contributed by atoms with Gasteiger partial charge in [-0.3, -0.25) is 9.48 Å². The van der Waals surface area contributed by atoms with Crippen LogP contribution in [0, 0.1) is 6.92 Å². The fourth-order valence-electron chi connectivity index (χ4n) is 3.21. The molecule has 3 heterocycles. The molecule has 1 aliphatic rings. The fraction of sp³-hybridized carbons (Fsp3) is 0.350. The summed E-state index contributed by atoms with van der Waals surface area (Å²) >= 11 is 0. The summed E-state index contributed by atoms with van der Waals surface area (Å²) < 4.78 is 7.74. The molecule has 2 aromatic heterocycles. The number of aromatic nitrogens is 3. The van der Waals surface area contributed by atoms with E-state index < -0.39 is 0 Å². The van der Waals surface area contributed by atoms with Crippen molar-refractivity contribution < 1.29 is 9.21 Å². The molecular formula is C20H23N5O2. The zero-order valence-electron chi connectivity index (χ0n) is 15.4. The molecule has 1 aliphatic heterocycles. The number of benzene rings is 1. The van der Waals surface area contributed by atoms with Crippen LogP contribution in [0.2, 0.25) is 0 Å². The summed E-state index contributed by atoms with van der Waals surface area (Å²) in [6.07, 6.45) is 1.26. The second-order valence-corrected chi connectivity index (χ2v) is 6.72. The van der Waals surface area contributed by atoms with Crippen molar-refractivity contribution >= 4 is 5.91 Å². The number of hydrogen-bond acceptors (Lipinski definition) is 5. The van der Waals surface area contributed by atoms with Gasteiger partial charge in [0.15, 0.2) is 0 Å². The number of hydrogen-bond donors (Lipinski definition) is 2. The number of rotatable bonds is 5. The first kappa shape index (κ1) is 17.5. The zero-order chi connectivity index (χ0) is 18.6. The van der Waals surface area contributed by atoms with Crippen LogP contribution in [0.15, 0.2) is 40.8 Å². The van der Waals surface area contributed by atoms with E-state index in [-0.39, 0.29) is 12.3 Å². The van der Waals surface area contributed by atoms with E-state index >= 15 is 0 Å². The molecule has 0 unspecified atom stereocenters. The molecule has 0 bridgehead atoms. The van der Waals surface area contributed by atoms with Gasteiger partial charge in [-0.1, -0.05) is 18.2 Å². The van der Waals surface area contributed by atoms with Crippen LogP contribution in [0.1, 0.15) is 29.3 Å². The first-order chi connectivity index (χ1) is 13.2. The van der Waals surface area contributed by atoms with Crippen molar-refractivity contribution in [1.82, 2.24) is 25.4 Å². The number of nitrogens with zero attached hydrogens (tertiary/aromatic N) is 3. The normalized spacial score (nSPS) is 13.8. The Kier molecular flexibility index (Phi) is 5.02. The van der Waals surface area contributed by atoms with Gasteiger partial charge in [0.25, 0.3) is 0 Å². The summed E-state index contributed by atoms with van der Waals surface area (Å²) in [7, 11) is 0. The first-order valence-electron chi connectivity index (χ1n) is 9.24. The van der Waals surface area contributed by atoms with Crippen LogP contribution < -0.4 is 10.6 Å². The molecule has 0 radical (unpaired) electrons. The lowest BCUT2D eigenvalue weighted by molar-refractivity contribution is -0.120. The maximum atomic E-state index is 12.3. The van der Waals surface area contributed by atoms with Crippen LogP contribution in [0.25, 0.3) is 11.5 Å². The van der Waals surface area contributed by atoms with Crippen LogP contribution in [0.5, 0.6) is 0 Å². The van der Waals surface area contributed by atoms with Gasteiger partial charge in [0.2, 0.25) is 11.8 Å². The highest BCUT2D eigenvalue weighted by Gasteiger charge is 2.15. The predicted octanol–water partition coefficient (Wildman–Crippen LogP) is 2.20. The monoisotopic (exact) mass is 365 g/mol. The lowest BCUT2D eigenvalue weighted by Crippen LogP contribution is -2.25. The summed E-state index contributed by atoms with van der Waals surface area (Å²) in [5.41, 5.74) is 3.61. The molecule has 1 amide bonds. The Labute approximate surface area is 157 Å². The number of oxazole rings is 1. The molecule has 0 atom stereocenters. The second-order valence-electron chi connectivity index (χ2n) is 6.72. The van der Waals surface area contributed by atoms with Crippen molar-refractivity contribution in [3.8, 4) is 11.5 Å². The van der Waals surface area contributed by atoms with E-state index in [0.717, 1.165) is 43.0 Å². The van der Waals surface area contributed by atoms with E-state index in [1.807, 2.05) is 48.0 Å². The molecule has 0 saturated carbocycles. The van der Waals surface area contributed by atoms with Gasteiger partial charge in [-0.25, -0.2) is 4.98 Å². The van der Waals surface area contributed by atoms with Gasteiger partial charge in [0.05, 0.1) is 30.0 Å². The van der Waals surface area contributed by atoms with Gasteiger partial charge in [0.1, 0.15) is 5.76 Å². The largest absolute Gasteiger partial charge is 0.441 e. The number of amides is 1. The molecule has 0 saturated heterocycles. The van der Waals surface area contributed by atoms with Gasteiger partial charge >= 0.3 is 0 Å². The van der Waals surface area contributed by atoms with Crippen LogP contribution >= 0.6 is 0 Å². The third kappa shape index (κ3) is 4.09. The molecule has 3 aromatic rings. The van der Waals surface area contributed by atoms with E-state index in [1.54, 1.807) is 0 Å². The molecule has 0 fully saturated rings. The summed E-state index contributed by atoms with van der Waals surface area (Å²) in [5, 5.41) is 10.9. The minimum absolute atomic E-state index is 0.0904. The average molecular weight is 365 g/mol. The number of fused-ring (bicyclic) bond motifs is 1. The Hall–Kier alpha value is -2.93. The van der Waals surface area contributed by atoms with Gasteiger partial charge in [-0.15, -0.1) is 0 Å². The molecular weight excluding hydrogens is 342 g/mol. The Bertz CT molecular complexity index is 906. The quantitative estimate of drug-likeness (QED) is 0.724. The van der Waals surface area contributed by atoms with Crippen molar-refractivity contribution in [2.75, 3.05) is 6.54 Å². The van der Waals surface area contributed by atoms with E-state index in [9.17, 15) is 4.79 Å². The SMILES string of the molecule is Cc1oc(-c2ccccc2)nc1CC(=O)NCc1cc2n(n1)CCCNC2. The average Bonchev–Trinajstić information content (AvgIpc) is 3.17. The summed E-state index contributed by atoms with van der Waals surface area (Å²) in [6.45, 7) is 5.00. The third-order valence-electron chi connectivity index (χ3n) is 4.65. The van der Waals surface area contributed by atoms with Crippen molar-refractivity contribution in [2.45, 2.75) is 39.4 Å². The van der Waals surface area contributed by atoms with Gasteiger partial charge in [-0.2, -0.15) is 5.10 Å². The zero-order valence-corrected chi connectivity index (χ0v) is 15.4. The Balaban J connectivity index is 1.37. The minimum atomic E-state index is -0.0904.